The summed E-state index contributed by atoms with van der Waals surface area (Å²) in [5, 5.41) is 3.82. The monoisotopic (exact) mass is 359 g/mol. The van der Waals surface area contributed by atoms with Crippen molar-refractivity contribution in [1.29, 1.82) is 0 Å². The SMILES string of the molecule is CNCc1cc(S(C)(=O)=O)ccc1Oc1ccc(Cl)c(Cl)c1. The first-order valence-corrected chi connectivity index (χ1v) is 9.06. The van der Waals surface area contributed by atoms with Crippen molar-refractivity contribution < 1.29 is 13.2 Å². The lowest BCUT2D eigenvalue weighted by Crippen LogP contribution is -2.08. The molecule has 0 atom stereocenters. The third-order valence-corrected chi connectivity index (χ3v) is 4.80. The molecule has 2 aromatic rings. The quantitative estimate of drug-likeness (QED) is 0.879. The van der Waals surface area contributed by atoms with Gasteiger partial charge < -0.3 is 10.1 Å². The van der Waals surface area contributed by atoms with Gasteiger partial charge in [0.2, 0.25) is 0 Å². The normalized spacial score (nSPS) is 11.5. The number of sulfone groups is 1. The molecule has 0 heterocycles. The molecule has 0 amide bonds. The number of halogens is 2. The fraction of sp³-hybridized carbons (Fsp3) is 0.200. The van der Waals surface area contributed by atoms with Crippen LogP contribution in [-0.2, 0) is 16.4 Å². The Labute approximate surface area is 139 Å². The van der Waals surface area contributed by atoms with Crippen molar-refractivity contribution in [3.63, 3.8) is 0 Å². The van der Waals surface area contributed by atoms with E-state index < -0.39 is 9.84 Å². The molecular weight excluding hydrogens is 345 g/mol. The van der Waals surface area contributed by atoms with Crippen molar-refractivity contribution in [3.8, 4) is 11.5 Å². The van der Waals surface area contributed by atoms with E-state index in [4.69, 9.17) is 27.9 Å². The average Bonchev–Trinajstić information content (AvgIpc) is 2.44. The Balaban J connectivity index is 2.39. The van der Waals surface area contributed by atoms with Crippen LogP contribution in [0.5, 0.6) is 11.5 Å². The molecule has 0 aliphatic heterocycles. The van der Waals surface area contributed by atoms with Gasteiger partial charge in [-0.15, -0.1) is 0 Å². The second kappa shape index (κ2) is 6.87. The summed E-state index contributed by atoms with van der Waals surface area (Å²) >= 11 is 11.8. The lowest BCUT2D eigenvalue weighted by molar-refractivity contribution is 0.473. The second-order valence-corrected chi connectivity index (χ2v) is 7.58. The molecule has 118 valence electrons. The van der Waals surface area contributed by atoms with E-state index >= 15 is 0 Å². The summed E-state index contributed by atoms with van der Waals surface area (Å²) in [5.41, 5.74) is 0.733. The van der Waals surface area contributed by atoms with Gasteiger partial charge in [-0.25, -0.2) is 8.42 Å². The van der Waals surface area contributed by atoms with Crippen LogP contribution in [0, 0.1) is 0 Å². The van der Waals surface area contributed by atoms with Crippen molar-refractivity contribution in [2.45, 2.75) is 11.4 Å². The highest BCUT2D eigenvalue weighted by atomic mass is 35.5. The van der Waals surface area contributed by atoms with Crippen molar-refractivity contribution >= 4 is 33.0 Å². The van der Waals surface area contributed by atoms with Gasteiger partial charge in [0.05, 0.1) is 14.9 Å². The van der Waals surface area contributed by atoms with Gasteiger partial charge in [-0.3, -0.25) is 0 Å². The molecule has 22 heavy (non-hydrogen) atoms. The maximum Gasteiger partial charge on any atom is 0.175 e. The number of hydrogen-bond acceptors (Lipinski definition) is 4. The van der Waals surface area contributed by atoms with Crippen LogP contribution >= 0.6 is 23.2 Å². The zero-order chi connectivity index (χ0) is 16.3. The molecule has 4 nitrogen and oxygen atoms in total. The summed E-state index contributed by atoms with van der Waals surface area (Å²) in [6.07, 6.45) is 1.17. The van der Waals surface area contributed by atoms with E-state index in [9.17, 15) is 8.42 Å². The van der Waals surface area contributed by atoms with Gasteiger partial charge in [0.1, 0.15) is 11.5 Å². The van der Waals surface area contributed by atoms with Crippen LogP contribution in [0.3, 0.4) is 0 Å². The van der Waals surface area contributed by atoms with E-state index in [0.29, 0.717) is 28.1 Å². The highest BCUT2D eigenvalue weighted by molar-refractivity contribution is 7.90. The molecule has 0 saturated heterocycles. The van der Waals surface area contributed by atoms with Gasteiger partial charge in [0.15, 0.2) is 9.84 Å². The van der Waals surface area contributed by atoms with Gasteiger partial charge in [0, 0.05) is 24.4 Å². The second-order valence-electron chi connectivity index (χ2n) is 4.75. The molecule has 0 fully saturated rings. The molecule has 0 bridgehead atoms. The van der Waals surface area contributed by atoms with E-state index in [-0.39, 0.29) is 4.90 Å². The van der Waals surface area contributed by atoms with E-state index in [0.717, 1.165) is 5.56 Å². The van der Waals surface area contributed by atoms with Crippen molar-refractivity contribution in [2.75, 3.05) is 13.3 Å². The van der Waals surface area contributed by atoms with Gasteiger partial charge in [0.25, 0.3) is 0 Å². The predicted octanol–water partition coefficient (Wildman–Crippen LogP) is 3.91. The van der Waals surface area contributed by atoms with Crippen LogP contribution in [0.4, 0.5) is 0 Å². The molecule has 0 aromatic heterocycles. The van der Waals surface area contributed by atoms with Crippen molar-refractivity contribution in [2.24, 2.45) is 0 Å². The number of rotatable bonds is 5. The Morgan fingerprint density at radius 1 is 1.09 bits per heavy atom. The summed E-state index contributed by atoms with van der Waals surface area (Å²) < 4.78 is 29.1. The highest BCUT2D eigenvalue weighted by Gasteiger charge is 2.12. The first kappa shape index (κ1) is 17.1. The molecule has 0 unspecified atom stereocenters. The summed E-state index contributed by atoms with van der Waals surface area (Å²) in [6, 6.07) is 9.69. The van der Waals surface area contributed by atoms with Crippen LogP contribution in [0.2, 0.25) is 10.0 Å². The Kier molecular flexibility index (Phi) is 5.34. The zero-order valence-electron chi connectivity index (χ0n) is 12.1. The van der Waals surface area contributed by atoms with Crippen LogP contribution in [-0.4, -0.2) is 21.7 Å². The lowest BCUT2D eigenvalue weighted by Gasteiger charge is -2.13. The number of hydrogen-bond donors (Lipinski definition) is 1. The van der Waals surface area contributed by atoms with Crippen molar-refractivity contribution in [1.82, 2.24) is 5.32 Å². The maximum atomic E-state index is 11.6. The van der Waals surface area contributed by atoms with Crippen LogP contribution in [0.25, 0.3) is 0 Å². The Hall–Kier alpha value is -1.27. The molecule has 0 aliphatic rings. The fourth-order valence-electron chi connectivity index (χ4n) is 1.88. The smallest absolute Gasteiger partial charge is 0.175 e. The van der Waals surface area contributed by atoms with Crippen LogP contribution < -0.4 is 10.1 Å². The largest absolute Gasteiger partial charge is 0.457 e. The topological polar surface area (TPSA) is 55.4 Å². The molecule has 0 aliphatic carbocycles. The van der Waals surface area contributed by atoms with E-state index in [2.05, 4.69) is 5.32 Å². The zero-order valence-corrected chi connectivity index (χ0v) is 14.4. The van der Waals surface area contributed by atoms with Gasteiger partial charge in [-0.1, -0.05) is 23.2 Å². The molecule has 0 spiro atoms. The third-order valence-electron chi connectivity index (χ3n) is 2.95. The van der Waals surface area contributed by atoms with Crippen LogP contribution in [0.15, 0.2) is 41.3 Å². The van der Waals surface area contributed by atoms with Gasteiger partial charge in [-0.2, -0.15) is 0 Å². The first-order valence-electron chi connectivity index (χ1n) is 6.42. The summed E-state index contributed by atoms with van der Waals surface area (Å²) in [6.45, 7) is 0.472. The summed E-state index contributed by atoms with van der Waals surface area (Å²) in [5.74, 6) is 1.08. The van der Waals surface area contributed by atoms with Crippen molar-refractivity contribution in [3.05, 3.63) is 52.0 Å². The molecule has 2 aromatic carbocycles. The average molecular weight is 360 g/mol. The number of nitrogens with one attached hydrogen (secondary N) is 1. The standard InChI is InChI=1S/C15H15Cl2NO3S/c1-18-9-10-7-12(22(2,19)20)4-6-15(10)21-11-3-5-13(16)14(17)8-11/h3-8,18H,9H2,1-2H3. The molecule has 7 heteroatoms. The predicted molar refractivity (Wildman–Crippen MR) is 88.9 cm³/mol. The minimum absolute atomic E-state index is 0.249. The molecule has 0 radical (unpaired) electrons. The fourth-order valence-corrected chi connectivity index (χ4v) is 2.84. The molecule has 1 N–H and O–H groups in total. The summed E-state index contributed by atoms with van der Waals surface area (Å²) in [4.78, 5) is 0.249. The maximum absolute atomic E-state index is 11.6. The Bertz CT molecular complexity index is 791. The first-order chi connectivity index (χ1) is 10.3. The number of benzene rings is 2. The Morgan fingerprint density at radius 2 is 1.82 bits per heavy atom. The van der Waals surface area contributed by atoms with E-state index in [1.807, 2.05) is 0 Å². The number of ether oxygens (including phenoxy) is 1. The van der Waals surface area contributed by atoms with Gasteiger partial charge >= 0.3 is 0 Å². The molecular formula is C15H15Cl2NO3S. The molecule has 0 saturated carbocycles. The lowest BCUT2D eigenvalue weighted by atomic mass is 10.2. The van der Waals surface area contributed by atoms with Crippen LogP contribution in [0.1, 0.15) is 5.56 Å². The minimum atomic E-state index is -3.27. The van der Waals surface area contributed by atoms with Gasteiger partial charge in [-0.05, 0) is 37.4 Å². The van der Waals surface area contributed by atoms with E-state index in [1.54, 1.807) is 37.4 Å². The Morgan fingerprint density at radius 3 is 2.41 bits per heavy atom. The molecule has 2 rings (SSSR count). The minimum Gasteiger partial charge on any atom is -0.457 e. The third kappa shape index (κ3) is 4.14. The summed E-state index contributed by atoms with van der Waals surface area (Å²) in [7, 11) is -1.49. The highest BCUT2D eigenvalue weighted by Crippen LogP contribution is 2.32. The van der Waals surface area contributed by atoms with E-state index in [1.165, 1.54) is 12.3 Å².